The Kier molecular flexibility index (Phi) is 4.35. The van der Waals surface area contributed by atoms with Crippen LogP contribution in [0.25, 0.3) is 0 Å². The molecule has 1 N–H and O–H groups in total. The van der Waals surface area contributed by atoms with Crippen molar-refractivity contribution in [3.8, 4) is 0 Å². The largest absolute Gasteiger partial charge is 0.478 e. The zero-order valence-electron chi connectivity index (χ0n) is 12.9. The normalized spacial score (nSPS) is 21.1. The van der Waals surface area contributed by atoms with E-state index in [2.05, 4.69) is 20.8 Å². The molecule has 1 aromatic rings. The molecule has 1 atom stereocenters. The van der Waals surface area contributed by atoms with Gasteiger partial charge in [0.15, 0.2) is 0 Å². The summed E-state index contributed by atoms with van der Waals surface area (Å²) in [6.07, 6.45) is 1.29. The van der Waals surface area contributed by atoms with Crippen LogP contribution in [0.2, 0.25) is 0 Å². The molecular weight excluding hydrogens is 266 g/mol. The van der Waals surface area contributed by atoms with Crippen LogP contribution in [0, 0.1) is 11.3 Å². The van der Waals surface area contributed by atoms with Crippen LogP contribution in [0.15, 0.2) is 24.3 Å². The summed E-state index contributed by atoms with van der Waals surface area (Å²) in [4.78, 5) is 25.3. The van der Waals surface area contributed by atoms with Gasteiger partial charge in [0, 0.05) is 13.1 Å². The first-order chi connectivity index (χ1) is 9.79. The quantitative estimate of drug-likeness (QED) is 0.931. The summed E-state index contributed by atoms with van der Waals surface area (Å²) in [5.74, 6) is -0.272. The summed E-state index contributed by atoms with van der Waals surface area (Å²) in [5.41, 5.74) is 1.13. The third-order valence-corrected chi connectivity index (χ3v) is 4.65. The number of hydrogen-bond donors (Lipinski definition) is 1. The van der Waals surface area contributed by atoms with Gasteiger partial charge in [-0.25, -0.2) is 4.79 Å². The van der Waals surface area contributed by atoms with E-state index in [1.165, 1.54) is 0 Å². The Morgan fingerprint density at radius 1 is 1.38 bits per heavy atom. The van der Waals surface area contributed by atoms with Gasteiger partial charge >= 0.3 is 5.97 Å². The highest BCUT2D eigenvalue weighted by molar-refractivity contribution is 5.88. The van der Waals surface area contributed by atoms with E-state index in [1.807, 2.05) is 11.0 Å². The smallest absolute Gasteiger partial charge is 0.335 e. The number of benzene rings is 1. The average molecular weight is 289 g/mol. The van der Waals surface area contributed by atoms with Crippen LogP contribution >= 0.6 is 0 Å². The van der Waals surface area contributed by atoms with Gasteiger partial charge in [0.05, 0.1) is 12.0 Å². The molecule has 0 bridgehead atoms. The monoisotopic (exact) mass is 289 g/mol. The molecule has 1 amide bonds. The van der Waals surface area contributed by atoms with Crippen LogP contribution in [0.3, 0.4) is 0 Å². The fraction of sp³-hybridized carbons (Fsp3) is 0.529. The third-order valence-electron chi connectivity index (χ3n) is 4.65. The second kappa shape index (κ2) is 5.88. The molecule has 0 radical (unpaired) electrons. The number of nitrogens with zero attached hydrogens (tertiary/aromatic N) is 1. The Bertz CT molecular complexity index is 551. The molecular formula is C17H23NO3. The molecule has 1 aliphatic rings. The van der Waals surface area contributed by atoms with Crippen LogP contribution < -0.4 is 0 Å². The lowest BCUT2D eigenvalue weighted by Gasteiger charge is -2.43. The maximum atomic E-state index is 12.4. The van der Waals surface area contributed by atoms with Gasteiger partial charge in [-0.05, 0) is 35.4 Å². The van der Waals surface area contributed by atoms with E-state index >= 15 is 0 Å². The van der Waals surface area contributed by atoms with Crippen molar-refractivity contribution in [3.63, 3.8) is 0 Å². The summed E-state index contributed by atoms with van der Waals surface area (Å²) < 4.78 is 0. The van der Waals surface area contributed by atoms with E-state index < -0.39 is 5.97 Å². The lowest BCUT2D eigenvalue weighted by Crippen LogP contribution is -2.47. The lowest BCUT2D eigenvalue weighted by atomic mass is 9.75. The third kappa shape index (κ3) is 3.63. The number of carboxylic acids is 1. The molecule has 0 aliphatic carbocycles. The van der Waals surface area contributed by atoms with E-state index in [1.54, 1.807) is 18.2 Å². The van der Waals surface area contributed by atoms with E-state index in [-0.39, 0.29) is 23.3 Å². The first-order valence-corrected chi connectivity index (χ1v) is 7.39. The number of carboxylic acid groups (broad SMARTS) is 1. The van der Waals surface area contributed by atoms with Crippen LogP contribution in [0.1, 0.15) is 43.1 Å². The molecule has 1 saturated heterocycles. The van der Waals surface area contributed by atoms with Gasteiger partial charge in [0.1, 0.15) is 0 Å². The number of piperidine rings is 1. The predicted molar refractivity (Wildman–Crippen MR) is 81.2 cm³/mol. The van der Waals surface area contributed by atoms with Crippen molar-refractivity contribution in [1.82, 2.24) is 4.90 Å². The van der Waals surface area contributed by atoms with Crippen LogP contribution in [0.5, 0.6) is 0 Å². The molecule has 4 nitrogen and oxygen atoms in total. The Labute approximate surface area is 125 Å². The molecule has 1 aliphatic heterocycles. The van der Waals surface area contributed by atoms with Gasteiger partial charge in [-0.2, -0.15) is 0 Å². The Morgan fingerprint density at radius 2 is 2.10 bits per heavy atom. The van der Waals surface area contributed by atoms with Gasteiger partial charge in [-0.15, -0.1) is 0 Å². The average Bonchev–Trinajstić information content (AvgIpc) is 2.42. The molecule has 2 rings (SSSR count). The molecule has 1 fully saturated rings. The zero-order valence-corrected chi connectivity index (χ0v) is 12.9. The van der Waals surface area contributed by atoms with E-state index in [4.69, 9.17) is 5.11 Å². The molecule has 0 saturated carbocycles. The lowest BCUT2D eigenvalue weighted by molar-refractivity contribution is -0.134. The highest BCUT2D eigenvalue weighted by Gasteiger charge is 2.34. The first kappa shape index (κ1) is 15.5. The SMILES string of the molecule is CC1CCN(C(=O)Cc2cccc(C(=O)O)c2)CC1(C)C. The summed E-state index contributed by atoms with van der Waals surface area (Å²) in [5, 5.41) is 8.99. The maximum absolute atomic E-state index is 12.4. The van der Waals surface area contributed by atoms with E-state index in [9.17, 15) is 9.59 Å². The summed E-state index contributed by atoms with van der Waals surface area (Å²) >= 11 is 0. The molecule has 21 heavy (non-hydrogen) atoms. The number of carbonyl (C=O) groups is 2. The van der Waals surface area contributed by atoms with Crippen molar-refractivity contribution in [2.24, 2.45) is 11.3 Å². The molecule has 1 aromatic carbocycles. The maximum Gasteiger partial charge on any atom is 0.335 e. The first-order valence-electron chi connectivity index (χ1n) is 7.39. The van der Waals surface area contributed by atoms with E-state index in [0.717, 1.165) is 25.1 Å². The highest BCUT2D eigenvalue weighted by atomic mass is 16.4. The van der Waals surface area contributed by atoms with Gasteiger partial charge < -0.3 is 10.0 Å². The van der Waals surface area contributed by atoms with Crippen molar-refractivity contribution < 1.29 is 14.7 Å². The molecule has 114 valence electrons. The number of aromatic carboxylic acids is 1. The number of rotatable bonds is 3. The zero-order chi connectivity index (χ0) is 15.6. The Morgan fingerprint density at radius 3 is 2.71 bits per heavy atom. The molecule has 0 spiro atoms. The highest BCUT2D eigenvalue weighted by Crippen LogP contribution is 2.34. The van der Waals surface area contributed by atoms with Crippen molar-refractivity contribution in [2.45, 2.75) is 33.6 Å². The number of amides is 1. The van der Waals surface area contributed by atoms with Crippen LogP contribution in [0.4, 0.5) is 0 Å². The van der Waals surface area contributed by atoms with Crippen molar-refractivity contribution in [1.29, 1.82) is 0 Å². The van der Waals surface area contributed by atoms with Gasteiger partial charge in [-0.3, -0.25) is 4.79 Å². The minimum Gasteiger partial charge on any atom is -0.478 e. The number of likely N-dealkylation sites (tertiary alicyclic amines) is 1. The van der Waals surface area contributed by atoms with E-state index in [0.29, 0.717) is 5.92 Å². The summed E-state index contributed by atoms with van der Waals surface area (Å²) in [7, 11) is 0. The van der Waals surface area contributed by atoms with Crippen molar-refractivity contribution >= 4 is 11.9 Å². The molecule has 0 aromatic heterocycles. The fourth-order valence-corrected chi connectivity index (χ4v) is 2.78. The second-order valence-electron chi connectivity index (χ2n) is 6.68. The van der Waals surface area contributed by atoms with Gasteiger partial charge in [0.25, 0.3) is 0 Å². The fourth-order valence-electron chi connectivity index (χ4n) is 2.78. The standard InChI is InChI=1S/C17H23NO3/c1-12-7-8-18(11-17(12,2)3)15(19)10-13-5-4-6-14(9-13)16(20)21/h4-6,9,12H,7-8,10-11H2,1-3H3,(H,20,21). The predicted octanol–water partition coefficient (Wildman–Crippen LogP) is 2.82. The Balaban J connectivity index is 2.05. The van der Waals surface area contributed by atoms with Crippen molar-refractivity contribution in [3.05, 3.63) is 35.4 Å². The molecule has 4 heteroatoms. The summed E-state index contributed by atoms with van der Waals surface area (Å²) in [6.45, 7) is 8.19. The van der Waals surface area contributed by atoms with Crippen LogP contribution in [-0.2, 0) is 11.2 Å². The van der Waals surface area contributed by atoms with Gasteiger partial charge in [-0.1, -0.05) is 32.9 Å². The summed E-state index contributed by atoms with van der Waals surface area (Å²) in [6, 6.07) is 6.62. The van der Waals surface area contributed by atoms with Crippen LogP contribution in [-0.4, -0.2) is 35.0 Å². The van der Waals surface area contributed by atoms with Crippen molar-refractivity contribution in [2.75, 3.05) is 13.1 Å². The number of hydrogen-bond acceptors (Lipinski definition) is 2. The topological polar surface area (TPSA) is 57.6 Å². The number of carbonyl (C=O) groups excluding carboxylic acids is 1. The Hall–Kier alpha value is -1.84. The van der Waals surface area contributed by atoms with Gasteiger partial charge in [0.2, 0.25) is 5.91 Å². The molecule has 1 unspecified atom stereocenters. The minimum absolute atomic E-state index is 0.0810. The molecule has 1 heterocycles. The second-order valence-corrected chi connectivity index (χ2v) is 6.68. The minimum atomic E-state index is -0.961.